The highest BCUT2D eigenvalue weighted by atomic mass is 32.2. The number of anilines is 1. The van der Waals surface area contributed by atoms with Crippen molar-refractivity contribution in [1.29, 1.82) is 0 Å². The van der Waals surface area contributed by atoms with E-state index in [2.05, 4.69) is 15.1 Å². The molecule has 4 rings (SSSR count). The normalized spacial score (nSPS) is 12.7. The molecule has 1 unspecified atom stereocenters. The smallest absolute Gasteiger partial charge is 0.241 e. The molecular weight excluding hydrogens is 451 g/mol. The zero-order chi connectivity index (χ0) is 24.5. The van der Waals surface area contributed by atoms with Crippen molar-refractivity contribution in [3.05, 3.63) is 83.3 Å². The van der Waals surface area contributed by atoms with E-state index in [0.717, 1.165) is 33.3 Å². The lowest BCUT2D eigenvalue weighted by molar-refractivity contribution is 0.547. The van der Waals surface area contributed by atoms with Crippen LogP contribution in [-0.2, 0) is 10.0 Å². The van der Waals surface area contributed by atoms with Gasteiger partial charge in [0, 0.05) is 23.7 Å². The maximum Gasteiger partial charge on any atom is 0.241 e. The molecule has 0 aliphatic carbocycles. The Labute approximate surface area is 199 Å². The summed E-state index contributed by atoms with van der Waals surface area (Å²) in [5.74, 6) is -0.341. The van der Waals surface area contributed by atoms with E-state index in [9.17, 15) is 12.8 Å². The van der Waals surface area contributed by atoms with Gasteiger partial charge >= 0.3 is 0 Å². The summed E-state index contributed by atoms with van der Waals surface area (Å²) in [7, 11) is -3.66. The van der Waals surface area contributed by atoms with Gasteiger partial charge in [-0.15, -0.1) is 0 Å². The lowest BCUT2D eigenvalue weighted by atomic mass is 10.1. The first-order valence-corrected chi connectivity index (χ1v) is 12.7. The highest BCUT2D eigenvalue weighted by Gasteiger charge is 2.23. The first kappa shape index (κ1) is 23.9. The number of hydrogen-bond donors (Lipinski definition) is 2. The molecule has 4 aromatic rings. The fourth-order valence-corrected chi connectivity index (χ4v) is 6.11. The SMILES string of the molecule is CCC(CNc1ccc2c(cnn2-c2ccccc2F)c1)NS(=O)(=O)c1c(C)cc(C)cc1C. The first-order chi connectivity index (χ1) is 16.2. The highest BCUT2D eigenvalue weighted by Crippen LogP contribution is 2.24. The first-order valence-electron chi connectivity index (χ1n) is 11.3. The van der Waals surface area contributed by atoms with Gasteiger partial charge in [-0.05, 0) is 68.7 Å². The van der Waals surface area contributed by atoms with E-state index < -0.39 is 10.0 Å². The third-order valence-corrected chi connectivity index (χ3v) is 7.71. The summed E-state index contributed by atoms with van der Waals surface area (Å²) in [5, 5.41) is 8.52. The molecule has 0 spiro atoms. The van der Waals surface area contributed by atoms with Crippen molar-refractivity contribution in [2.75, 3.05) is 11.9 Å². The van der Waals surface area contributed by atoms with E-state index in [4.69, 9.17) is 0 Å². The predicted molar refractivity (Wildman–Crippen MR) is 135 cm³/mol. The van der Waals surface area contributed by atoms with Crippen molar-refractivity contribution in [1.82, 2.24) is 14.5 Å². The van der Waals surface area contributed by atoms with E-state index in [-0.39, 0.29) is 11.9 Å². The number of sulfonamides is 1. The Balaban J connectivity index is 1.50. The molecule has 0 saturated heterocycles. The average Bonchev–Trinajstić information content (AvgIpc) is 3.19. The third-order valence-electron chi connectivity index (χ3n) is 5.89. The Morgan fingerprint density at radius 1 is 1.03 bits per heavy atom. The number of para-hydroxylation sites is 1. The molecule has 0 aliphatic rings. The summed E-state index contributed by atoms with van der Waals surface area (Å²) in [5.41, 5.74) is 4.53. The summed E-state index contributed by atoms with van der Waals surface area (Å²) >= 11 is 0. The van der Waals surface area contributed by atoms with Gasteiger partial charge in [0.1, 0.15) is 11.5 Å². The zero-order valence-electron chi connectivity index (χ0n) is 19.8. The van der Waals surface area contributed by atoms with Gasteiger partial charge in [0.15, 0.2) is 0 Å². The van der Waals surface area contributed by atoms with Gasteiger partial charge in [0.25, 0.3) is 0 Å². The molecule has 1 atom stereocenters. The van der Waals surface area contributed by atoms with E-state index in [1.165, 1.54) is 6.07 Å². The van der Waals surface area contributed by atoms with Crippen molar-refractivity contribution in [3.8, 4) is 5.69 Å². The van der Waals surface area contributed by atoms with Crippen LogP contribution in [0.25, 0.3) is 16.6 Å². The monoisotopic (exact) mass is 480 g/mol. The lowest BCUT2D eigenvalue weighted by Crippen LogP contribution is -2.39. The molecule has 6 nitrogen and oxygen atoms in total. The van der Waals surface area contributed by atoms with Crippen LogP contribution in [0.5, 0.6) is 0 Å². The Hall–Kier alpha value is -3.23. The summed E-state index contributed by atoms with van der Waals surface area (Å²) in [4.78, 5) is 0.346. The van der Waals surface area contributed by atoms with Gasteiger partial charge in [-0.3, -0.25) is 0 Å². The molecule has 178 valence electrons. The number of aryl methyl sites for hydroxylation is 3. The van der Waals surface area contributed by atoms with Crippen molar-refractivity contribution < 1.29 is 12.8 Å². The van der Waals surface area contributed by atoms with Crippen molar-refractivity contribution in [3.63, 3.8) is 0 Å². The number of fused-ring (bicyclic) bond motifs is 1. The molecule has 0 saturated carbocycles. The van der Waals surface area contributed by atoms with Crippen molar-refractivity contribution >= 4 is 26.6 Å². The molecule has 0 aliphatic heterocycles. The van der Waals surface area contributed by atoms with E-state index in [1.54, 1.807) is 29.1 Å². The second-order valence-electron chi connectivity index (χ2n) is 8.62. The molecule has 2 N–H and O–H groups in total. The summed E-state index contributed by atoms with van der Waals surface area (Å²) < 4.78 is 44.9. The standard InChI is InChI=1S/C26H29FN4O2S/c1-5-21(30-34(32,33)26-18(3)12-17(2)13-19(26)4)16-28-22-10-11-24-20(14-22)15-29-31(24)25-9-7-6-8-23(25)27/h6-15,21,28,30H,5,16H2,1-4H3. The number of aromatic nitrogens is 2. The van der Waals surface area contributed by atoms with Gasteiger partial charge in [-0.2, -0.15) is 5.10 Å². The maximum absolute atomic E-state index is 14.2. The average molecular weight is 481 g/mol. The Bertz CT molecular complexity index is 1420. The summed E-state index contributed by atoms with van der Waals surface area (Å²) in [6, 6.07) is 15.7. The minimum absolute atomic E-state index is 0.290. The summed E-state index contributed by atoms with van der Waals surface area (Å²) in [6.07, 6.45) is 2.32. The summed E-state index contributed by atoms with van der Waals surface area (Å²) in [6.45, 7) is 7.98. The van der Waals surface area contributed by atoms with Gasteiger partial charge < -0.3 is 5.32 Å². The molecular formula is C26H29FN4O2S. The van der Waals surface area contributed by atoms with Gasteiger partial charge in [0.2, 0.25) is 10.0 Å². The van der Waals surface area contributed by atoms with Crippen LogP contribution in [0.1, 0.15) is 30.0 Å². The Morgan fingerprint density at radius 2 is 1.74 bits per heavy atom. The van der Waals surface area contributed by atoms with Crippen molar-refractivity contribution in [2.24, 2.45) is 0 Å². The van der Waals surface area contributed by atoms with E-state index in [1.807, 2.05) is 58.0 Å². The molecule has 8 heteroatoms. The van der Waals surface area contributed by atoms with Crippen LogP contribution >= 0.6 is 0 Å². The van der Waals surface area contributed by atoms with Crippen LogP contribution in [0.3, 0.4) is 0 Å². The molecule has 1 heterocycles. The van der Waals surface area contributed by atoms with Crippen LogP contribution in [-0.4, -0.2) is 30.8 Å². The number of benzene rings is 3. The topological polar surface area (TPSA) is 76.0 Å². The molecule has 0 bridgehead atoms. The number of rotatable bonds is 8. The van der Waals surface area contributed by atoms with Gasteiger partial charge in [0.05, 0.1) is 16.6 Å². The predicted octanol–water partition coefficient (Wildman–Crippen LogP) is 5.26. The van der Waals surface area contributed by atoms with Crippen LogP contribution in [0.2, 0.25) is 0 Å². The third kappa shape index (κ3) is 4.83. The number of nitrogens with zero attached hydrogens (tertiary/aromatic N) is 2. The molecule has 1 aromatic heterocycles. The maximum atomic E-state index is 14.2. The molecule has 0 amide bonds. The fourth-order valence-electron chi connectivity index (χ4n) is 4.34. The van der Waals surface area contributed by atoms with Gasteiger partial charge in [-0.25, -0.2) is 22.2 Å². The zero-order valence-corrected chi connectivity index (χ0v) is 20.6. The van der Waals surface area contributed by atoms with Crippen molar-refractivity contribution in [2.45, 2.75) is 45.1 Å². The molecule has 0 fully saturated rings. The minimum Gasteiger partial charge on any atom is -0.383 e. The molecule has 0 radical (unpaired) electrons. The second-order valence-corrected chi connectivity index (χ2v) is 10.3. The van der Waals surface area contributed by atoms with Gasteiger partial charge in [-0.1, -0.05) is 36.8 Å². The van der Waals surface area contributed by atoms with Crippen LogP contribution in [0.4, 0.5) is 10.1 Å². The van der Waals surface area contributed by atoms with Crippen LogP contribution < -0.4 is 10.0 Å². The minimum atomic E-state index is -3.66. The highest BCUT2D eigenvalue weighted by molar-refractivity contribution is 7.89. The van der Waals surface area contributed by atoms with Crippen LogP contribution in [0.15, 0.2) is 65.7 Å². The number of nitrogens with one attached hydrogen (secondary N) is 2. The number of hydrogen-bond acceptors (Lipinski definition) is 4. The Morgan fingerprint density at radius 3 is 2.41 bits per heavy atom. The quantitative estimate of drug-likeness (QED) is 0.361. The number of halogens is 1. The molecule has 3 aromatic carbocycles. The lowest BCUT2D eigenvalue weighted by Gasteiger charge is -2.20. The molecule has 34 heavy (non-hydrogen) atoms. The van der Waals surface area contributed by atoms with E-state index in [0.29, 0.717) is 23.5 Å². The Kier molecular flexibility index (Phi) is 6.72. The fraction of sp³-hybridized carbons (Fsp3) is 0.269. The largest absolute Gasteiger partial charge is 0.383 e. The van der Waals surface area contributed by atoms with Crippen LogP contribution in [0, 0.1) is 26.6 Å². The van der Waals surface area contributed by atoms with E-state index >= 15 is 0 Å². The second kappa shape index (κ2) is 9.56.